The lowest BCUT2D eigenvalue weighted by Crippen LogP contribution is -2.41. The molecule has 3 aromatic rings. The number of anilines is 2. The molecule has 13 heteroatoms. The second-order valence-electron chi connectivity index (χ2n) is 9.74. The third-order valence-corrected chi connectivity index (χ3v) is 7.61. The molecule has 0 aliphatic carbocycles. The summed E-state index contributed by atoms with van der Waals surface area (Å²) >= 11 is 0. The van der Waals surface area contributed by atoms with E-state index in [0.29, 0.717) is 49.8 Å². The lowest BCUT2D eigenvalue weighted by Gasteiger charge is -2.34. The van der Waals surface area contributed by atoms with Crippen molar-refractivity contribution in [2.24, 2.45) is 5.92 Å². The first-order chi connectivity index (χ1) is 18.0. The zero-order valence-electron chi connectivity index (χ0n) is 21.9. The van der Waals surface area contributed by atoms with Gasteiger partial charge < -0.3 is 20.1 Å². The second-order valence-corrected chi connectivity index (χ2v) is 11.4. The number of hydrogen-bond acceptors (Lipinski definition) is 10. The molecule has 0 saturated carbocycles. The average Bonchev–Trinajstić information content (AvgIpc) is 3.44. The number of nitrogens with zero attached hydrogens (tertiary/aromatic N) is 5. The normalized spacial score (nSPS) is 16.9. The van der Waals surface area contributed by atoms with Crippen molar-refractivity contribution in [3.8, 4) is 11.7 Å². The van der Waals surface area contributed by atoms with E-state index in [9.17, 15) is 13.2 Å². The molecular formula is C25H37N7O5S. The molecular weight excluding hydrogens is 510 g/mol. The standard InChI is InChI=1S/C25H33N7O5S.2H2/c1-5-36-13-14-37-21-10-12-32(29-21)20-9-8-18(23(28-20)31-16-17(2)15-25(31,3)4)24(33)30-38(34,35)19-7-6-11-27-22(19)26;;/h6-12,17H,5,13-16H2,1-4H3,(H2,26,27)(H,30,33);2*1H/t17-;;/m0../s1. The number of sulfonamides is 1. The summed E-state index contributed by atoms with van der Waals surface area (Å²) in [6.45, 7) is 10.2. The summed E-state index contributed by atoms with van der Waals surface area (Å²) in [5.41, 5.74) is 5.54. The van der Waals surface area contributed by atoms with Gasteiger partial charge in [-0.2, -0.15) is 0 Å². The second kappa shape index (κ2) is 11.0. The Morgan fingerprint density at radius 2 is 2.05 bits per heavy atom. The number of aromatic nitrogens is 4. The highest BCUT2D eigenvalue weighted by molar-refractivity contribution is 7.90. The van der Waals surface area contributed by atoms with Gasteiger partial charge in [-0.05, 0) is 57.4 Å². The zero-order chi connectivity index (χ0) is 27.5. The fraction of sp³-hybridized carbons (Fsp3) is 0.440. The summed E-state index contributed by atoms with van der Waals surface area (Å²) in [4.78, 5) is 23.7. The largest absolute Gasteiger partial charge is 0.474 e. The van der Waals surface area contributed by atoms with Crippen molar-refractivity contribution in [2.75, 3.05) is 37.0 Å². The summed E-state index contributed by atoms with van der Waals surface area (Å²) in [5.74, 6) is 0.543. The van der Waals surface area contributed by atoms with Crippen LogP contribution in [0.5, 0.6) is 5.88 Å². The van der Waals surface area contributed by atoms with Gasteiger partial charge in [-0.15, -0.1) is 5.10 Å². The van der Waals surface area contributed by atoms with E-state index in [1.54, 1.807) is 29.1 Å². The Bertz CT molecular complexity index is 1420. The minimum atomic E-state index is -4.27. The average molecular weight is 548 g/mol. The van der Waals surface area contributed by atoms with E-state index < -0.39 is 15.9 Å². The number of ether oxygens (including phenoxy) is 2. The third kappa shape index (κ3) is 5.89. The van der Waals surface area contributed by atoms with Crippen LogP contribution in [0, 0.1) is 5.92 Å². The quantitative estimate of drug-likeness (QED) is 0.362. The van der Waals surface area contributed by atoms with Crippen molar-refractivity contribution in [1.82, 2.24) is 24.5 Å². The maximum absolute atomic E-state index is 13.4. The molecule has 0 spiro atoms. The molecule has 1 fully saturated rings. The summed E-state index contributed by atoms with van der Waals surface area (Å²) in [5, 5.41) is 4.42. The number of carbonyl (C=O) groups excluding carboxylic acids is 1. The Labute approximate surface area is 225 Å². The maximum Gasteiger partial charge on any atom is 0.268 e. The van der Waals surface area contributed by atoms with E-state index in [0.717, 1.165) is 6.42 Å². The maximum atomic E-state index is 13.4. The topological polar surface area (TPSA) is 155 Å². The highest BCUT2D eigenvalue weighted by Crippen LogP contribution is 2.37. The summed E-state index contributed by atoms with van der Waals surface area (Å²) in [6.07, 6.45) is 3.96. The molecule has 208 valence electrons. The molecule has 0 radical (unpaired) electrons. The fourth-order valence-corrected chi connectivity index (χ4v) is 5.68. The Kier molecular flexibility index (Phi) is 7.88. The first-order valence-electron chi connectivity index (χ1n) is 12.3. The van der Waals surface area contributed by atoms with Gasteiger partial charge in [0.2, 0.25) is 5.88 Å². The van der Waals surface area contributed by atoms with E-state index in [1.807, 2.05) is 11.8 Å². The van der Waals surface area contributed by atoms with Crippen LogP contribution in [0.25, 0.3) is 5.82 Å². The molecule has 1 aliphatic rings. The minimum Gasteiger partial charge on any atom is -0.474 e. The van der Waals surface area contributed by atoms with Crippen LogP contribution in [0.1, 0.15) is 47.3 Å². The molecule has 0 aromatic carbocycles. The van der Waals surface area contributed by atoms with Gasteiger partial charge in [0.15, 0.2) is 5.82 Å². The van der Waals surface area contributed by atoms with Gasteiger partial charge in [-0.3, -0.25) is 4.79 Å². The third-order valence-electron chi connectivity index (χ3n) is 6.23. The number of hydrogen-bond donors (Lipinski definition) is 2. The van der Waals surface area contributed by atoms with E-state index in [1.165, 1.54) is 18.3 Å². The summed E-state index contributed by atoms with van der Waals surface area (Å²) < 4.78 is 40.5. The predicted octanol–water partition coefficient (Wildman–Crippen LogP) is 2.90. The van der Waals surface area contributed by atoms with Gasteiger partial charge in [0.1, 0.15) is 23.1 Å². The van der Waals surface area contributed by atoms with Crippen molar-refractivity contribution in [3.63, 3.8) is 0 Å². The molecule has 1 amide bonds. The van der Waals surface area contributed by atoms with Crippen LogP contribution in [0.4, 0.5) is 11.6 Å². The zero-order valence-corrected chi connectivity index (χ0v) is 22.7. The van der Waals surface area contributed by atoms with Gasteiger partial charge in [-0.1, -0.05) is 6.92 Å². The molecule has 3 aromatic heterocycles. The molecule has 1 saturated heterocycles. The SMILES string of the molecule is CCOCCOc1ccn(-c2ccc(C(=O)NS(=O)(=O)c3cccnc3N)c(N3C[C@@H](C)CC3(C)C)n2)n1.[HH].[HH]. The van der Waals surface area contributed by atoms with Crippen LogP contribution >= 0.6 is 0 Å². The molecule has 4 heterocycles. The first-order valence-corrected chi connectivity index (χ1v) is 13.8. The van der Waals surface area contributed by atoms with Gasteiger partial charge >= 0.3 is 0 Å². The van der Waals surface area contributed by atoms with Gasteiger partial charge in [0, 0.05) is 40.0 Å². The molecule has 38 heavy (non-hydrogen) atoms. The van der Waals surface area contributed by atoms with Gasteiger partial charge in [-0.25, -0.2) is 27.8 Å². The number of nitrogens with two attached hydrogens (primary N) is 1. The molecule has 1 aliphatic heterocycles. The van der Waals surface area contributed by atoms with E-state index in [2.05, 4.69) is 35.6 Å². The first kappa shape index (κ1) is 27.3. The molecule has 1 atom stereocenters. The minimum absolute atomic E-state index is 0. The Hall–Kier alpha value is -3.71. The van der Waals surface area contributed by atoms with E-state index in [4.69, 9.17) is 20.2 Å². The van der Waals surface area contributed by atoms with Crippen LogP contribution in [0.15, 0.2) is 47.6 Å². The Balaban J connectivity index is 0.00000280. The van der Waals surface area contributed by atoms with Gasteiger partial charge in [0.05, 0.1) is 12.2 Å². The molecule has 0 unspecified atom stereocenters. The van der Waals surface area contributed by atoms with Crippen LogP contribution in [-0.4, -0.2) is 66.0 Å². The monoisotopic (exact) mass is 547 g/mol. The number of amides is 1. The highest BCUT2D eigenvalue weighted by Gasteiger charge is 2.39. The molecule has 4 rings (SSSR count). The number of carbonyl (C=O) groups is 1. The van der Waals surface area contributed by atoms with Crippen molar-refractivity contribution in [1.29, 1.82) is 0 Å². The number of nitrogen functional groups attached to an aromatic ring is 1. The Morgan fingerprint density at radius 1 is 1.26 bits per heavy atom. The van der Waals surface area contributed by atoms with Crippen LogP contribution in [-0.2, 0) is 14.8 Å². The van der Waals surface area contributed by atoms with Crippen LogP contribution in [0.3, 0.4) is 0 Å². The molecule has 12 nitrogen and oxygen atoms in total. The van der Waals surface area contributed by atoms with Crippen molar-refractivity contribution in [3.05, 3.63) is 48.3 Å². The number of rotatable bonds is 10. The molecule has 0 bridgehead atoms. The fourth-order valence-electron chi connectivity index (χ4n) is 4.63. The molecule has 3 N–H and O–H groups in total. The summed E-state index contributed by atoms with van der Waals surface area (Å²) in [7, 11) is -4.27. The summed E-state index contributed by atoms with van der Waals surface area (Å²) in [6, 6.07) is 7.58. The lowest BCUT2D eigenvalue weighted by atomic mass is 9.97. The highest BCUT2D eigenvalue weighted by atomic mass is 32.2. The Morgan fingerprint density at radius 3 is 2.74 bits per heavy atom. The van der Waals surface area contributed by atoms with Crippen LogP contribution < -0.4 is 20.1 Å². The van der Waals surface area contributed by atoms with Gasteiger partial charge in [0.25, 0.3) is 15.9 Å². The predicted molar refractivity (Wildman–Crippen MR) is 146 cm³/mol. The lowest BCUT2D eigenvalue weighted by molar-refractivity contribution is 0.0981. The van der Waals surface area contributed by atoms with Crippen LogP contribution in [0.2, 0.25) is 0 Å². The van der Waals surface area contributed by atoms with Crippen molar-refractivity contribution < 1.29 is 25.5 Å². The smallest absolute Gasteiger partial charge is 0.268 e. The van der Waals surface area contributed by atoms with Crippen molar-refractivity contribution >= 4 is 27.6 Å². The van der Waals surface area contributed by atoms with Crippen molar-refractivity contribution in [2.45, 2.75) is 44.6 Å². The van der Waals surface area contributed by atoms with E-state index >= 15 is 0 Å². The number of pyridine rings is 2. The van der Waals surface area contributed by atoms with E-state index in [-0.39, 0.29) is 24.7 Å². The number of nitrogens with one attached hydrogen (secondary N) is 1.